The minimum absolute atomic E-state index is 0.0137. The van der Waals surface area contributed by atoms with Gasteiger partial charge in [-0.15, -0.1) is 0 Å². The van der Waals surface area contributed by atoms with E-state index in [-0.39, 0.29) is 64.6 Å². The van der Waals surface area contributed by atoms with Gasteiger partial charge in [0.1, 0.15) is 41.4 Å². The fourth-order valence-corrected chi connectivity index (χ4v) is 8.51. The van der Waals surface area contributed by atoms with Gasteiger partial charge < -0.3 is 24.4 Å². The smallest absolute Gasteiger partial charge is 0.319 e. The van der Waals surface area contributed by atoms with Crippen LogP contribution >= 0.6 is 0 Å². The molecule has 10 nitrogen and oxygen atoms in total. The summed E-state index contributed by atoms with van der Waals surface area (Å²) < 4.78 is 57.9. The second-order valence-electron chi connectivity index (χ2n) is 13.6. The van der Waals surface area contributed by atoms with Crippen LogP contribution in [0, 0.1) is 11.6 Å². The van der Waals surface area contributed by atoms with Gasteiger partial charge in [-0.25, -0.2) is 13.2 Å². The van der Waals surface area contributed by atoms with Crippen molar-refractivity contribution in [2.45, 2.75) is 62.0 Å². The van der Waals surface area contributed by atoms with Crippen LogP contribution in [-0.4, -0.2) is 105 Å². The molecule has 2 bridgehead atoms. The molecule has 13 heteroatoms. The molecule has 244 valence electrons. The third kappa shape index (κ3) is 4.68. The molecule has 5 fully saturated rings. The van der Waals surface area contributed by atoms with Crippen molar-refractivity contribution in [3.63, 3.8) is 0 Å². The molecule has 0 radical (unpaired) electrons. The van der Waals surface area contributed by atoms with E-state index >= 15 is 8.78 Å². The zero-order chi connectivity index (χ0) is 32.0. The topological polar surface area (TPSA) is 107 Å². The summed E-state index contributed by atoms with van der Waals surface area (Å²) in [4.78, 5) is 32.9. The molecule has 0 aliphatic carbocycles. The van der Waals surface area contributed by atoms with Gasteiger partial charge in [0.15, 0.2) is 11.9 Å². The number of benzene rings is 2. The number of phenolic OH excluding ortho intramolecular Hbond substituents is 1. The molecule has 1 N–H and O–H groups in total. The van der Waals surface area contributed by atoms with Gasteiger partial charge in [0.05, 0.1) is 17.5 Å². The van der Waals surface area contributed by atoms with Crippen molar-refractivity contribution in [2.24, 2.45) is 0 Å². The molecule has 2 aromatic carbocycles. The molecule has 1 amide bonds. The number of aromatic hydroxyl groups is 1. The van der Waals surface area contributed by atoms with Crippen molar-refractivity contribution in [1.82, 2.24) is 24.8 Å². The van der Waals surface area contributed by atoms with Crippen LogP contribution in [0.4, 0.5) is 19.0 Å². The largest absolute Gasteiger partial charge is 0.508 e. The second-order valence-corrected chi connectivity index (χ2v) is 13.6. The number of aromatic nitrogens is 3. The highest BCUT2D eigenvalue weighted by atomic mass is 19.1. The van der Waals surface area contributed by atoms with E-state index in [1.807, 2.05) is 9.80 Å². The summed E-state index contributed by atoms with van der Waals surface area (Å²) in [6.45, 7) is 2.73. The maximum Gasteiger partial charge on any atom is 0.319 e. The number of hydrogen-bond acceptors (Lipinski definition) is 9. The highest BCUT2D eigenvalue weighted by Gasteiger charge is 2.50. The van der Waals surface area contributed by atoms with Crippen LogP contribution in [0.1, 0.15) is 32.1 Å². The first-order valence-corrected chi connectivity index (χ1v) is 16.3. The van der Waals surface area contributed by atoms with Crippen molar-refractivity contribution >= 4 is 33.4 Å². The molecule has 0 saturated carbocycles. The van der Waals surface area contributed by atoms with Crippen molar-refractivity contribution < 1.29 is 32.5 Å². The lowest BCUT2D eigenvalue weighted by Crippen LogP contribution is -2.57. The Bertz CT molecular complexity index is 1930. The van der Waals surface area contributed by atoms with Crippen molar-refractivity contribution in [3.8, 4) is 23.0 Å². The molecule has 47 heavy (non-hydrogen) atoms. The predicted octanol–water partition coefficient (Wildman–Crippen LogP) is 4.36. The number of piperazine rings is 1. The molecule has 2 aromatic heterocycles. The van der Waals surface area contributed by atoms with Gasteiger partial charge in [0.2, 0.25) is 0 Å². The lowest BCUT2D eigenvalue weighted by Gasteiger charge is -2.41. The van der Waals surface area contributed by atoms with Gasteiger partial charge in [0.25, 0.3) is 5.91 Å². The first-order chi connectivity index (χ1) is 22.8. The first kappa shape index (κ1) is 29.0. The lowest BCUT2D eigenvalue weighted by atomic mass is 9.95. The zero-order valence-corrected chi connectivity index (χ0v) is 25.5. The Labute approximate surface area is 268 Å². The van der Waals surface area contributed by atoms with Crippen LogP contribution in [0.2, 0.25) is 0 Å². The fourth-order valence-electron chi connectivity index (χ4n) is 8.51. The number of alkyl halides is 1. The summed E-state index contributed by atoms with van der Waals surface area (Å²) >= 11 is 0. The lowest BCUT2D eigenvalue weighted by molar-refractivity contribution is -0.135. The Morgan fingerprint density at radius 2 is 1.94 bits per heavy atom. The Kier molecular flexibility index (Phi) is 6.56. The van der Waals surface area contributed by atoms with Gasteiger partial charge in [0, 0.05) is 55.3 Å². The van der Waals surface area contributed by atoms with E-state index < -0.39 is 23.3 Å². The summed E-state index contributed by atoms with van der Waals surface area (Å²) in [5.41, 5.74) is -0.604. The molecule has 5 aliphatic rings. The van der Waals surface area contributed by atoms with E-state index in [4.69, 9.17) is 14.5 Å². The number of anilines is 1. The minimum atomic E-state index is -0.939. The number of carbonyl (C=O) groups excluding carboxylic acids is 1. The summed E-state index contributed by atoms with van der Waals surface area (Å²) in [5.74, 6) is -1.10. The molecule has 5 aliphatic heterocycles. The Morgan fingerprint density at radius 1 is 1.13 bits per heavy atom. The maximum atomic E-state index is 16.8. The maximum absolute atomic E-state index is 16.8. The monoisotopic (exact) mass is 646 g/mol. The number of nitrogens with zero attached hydrogens (tertiary/aromatic N) is 6. The number of carbonyl (C=O) groups is 1. The summed E-state index contributed by atoms with van der Waals surface area (Å²) in [5, 5.41) is 11.3. The van der Waals surface area contributed by atoms with Crippen LogP contribution < -0.4 is 9.64 Å². The number of phenols is 1. The molecular formula is C34H33F3N6O4. The molecule has 5 atom stereocenters. The average Bonchev–Trinajstić information content (AvgIpc) is 3.69. The summed E-state index contributed by atoms with van der Waals surface area (Å²) in [6.07, 6.45) is 3.92. The van der Waals surface area contributed by atoms with E-state index in [1.165, 1.54) is 30.5 Å². The SMILES string of the molecule is O=C([C@@H]1CO1)N1C2CCC1CN(c1nc(OC[C@@]34CCCN3C[C@H](F)C4)nc3c(F)c(-c4cc(O)cc5cccc(F)c45)ncc13)C2. The number of rotatable bonds is 6. The van der Waals surface area contributed by atoms with Crippen LogP contribution in [0.25, 0.3) is 32.9 Å². The highest BCUT2D eigenvalue weighted by Crippen LogP contribution is 2.42. The minimum Gasteiger partial charge on any atom is -0.508 e. The van der Waals surface area contributed by atoms with E-state index in [0.717, 1.165) is 32.2 Å². The molecule has 7 heterocycles. The average molecular weight is 647 g/mol. The van der Waals surface area contributed by atoms with E-state index in [9.17, 15) is 14.3 Å². The van der Waals surface area contributed by atoms with E-state index in [2.05, 4.69) is 14.9 Å². The van der Waals surface area contributed by atoms with Crippen LogP contribution in [0.15, 0.2) is 36.5 Å². The number of amides is 1. The Morgan fingerprint density at radius 3 is 2.72 bits per heavy atom. The number of fused-ring (bicyclic) bond motifs is 5. The standard InChI is InChI=1S/C34H33F3N6O4/c35-19-11-34(7-2-8-42(34)13-19)17-47-33-39-30-24(31(40-33)41-14-20-5-6-21(15-41)43(20)32(45)26-16-46-26)12-38-29(28(30)37)23-10-22(44)9-18-3-1-4-25(36)27(18)23/h1,3-4,9-10,12,19-21,26,44H,2,5-8,11,13-17H2/t19-,20?,21?,26+,34+/m1/s1. The van der Waals surface area contributed by atoms with E-state index in [0.29, 0.717) is 49.3 Å². The third-order valence-electron chi connectivity index (χ3n) is 10.7. The number of epoxide rings is 1. The quantitative estimate of drug-likeness (QED) is 0.306. The molecule has 9 rings (SSSR count). The summed E-state index contributed by atoms with van der Waals surface area (Å²) in [7, 11) is 0. The number of halogens is 3. The molecule has 5 saturated heterocycles. The zero-order valence-electron chi connectivity index (χ0n) is 25.5. The van der Waals surface area contributed by atoms with Crippen molar-refractivity contribution in [3.05, 3.63) is 48.2 Å². The Hall–Kier alpha value is -4.23. The molecule has 0 spiro atoms. The second kappa shape index (κ2) is 10.6. The predicted molar refractivity (Wildman–Crippen MR) is 166 cm³/mol. The molecule has 4 aromatic rings. The van der Waals surface area contributed by atoms with Gasteiger partial charge in [-0.2, -0.15) is 9.97 Å². The van der Waals surface area contributed by atoms with Gasteiger partial charge in [-0.05, 0) is 55.8 Å². The highest BCUT2D eigenvalue weighted by molar-refractivity contribution is 6.00. The van der Waals surface area contributed by atoms with Crippen LogP contribution in [0.5, 0.6) is 11.8 Å². The van der Waals surface area contributed by atoms with Crippen LogP contribution in [-0.2, 0) is 9.53 Å². The normalized spacial score (nSPS) is 28.4. The van der Waals surface area contributed by atoms with Gasteiger partial charge in [-0.3, -0.25) is 14.7 Å². The van der Waals surface area contributed by atoms with E-state index in [1.54, 1.807) is 6.07 Å². The van der Waals surface area contributed by atoms with Crippen LogP contribution in [0.3, 0.4) is 0 Å². The number of ether oxygens (including phenoxy) is 2. The van der Waals surface area contributed by atoms with Crippen molar-refractivity contribution in [1.29, 1.82) is 0 Å². The van der Waals surface area contributed by atoms with Gasteiger partial charge in [-0.1, -0.05) is 12.1 Å². The molecule has 2 unspecified atom stereocenters. The fraction of sp³-hybridized carbons (Fsp3) is 0.471. The number of pyridine rings is 1. The first-order valence-electron chi connectivity index (χ1n) is 16.3. The number of hydrogen-bond donors (Lipinski definition) is 1. The van der Waals surface area contributed by atoms with Crippen molar-refractivity contribution in [2.75, 3.05) is 44.3 Å². The third-order valence-corrected chi connectivity index (χ3v) is 10.7. The molecular weight excluding hydrogens is 613 g/mol. The summed E-state index contributed by atoms with van der Waals surface area (Å²) in [6, 6.07) is 6.99. The van der Waals surface area contributed by atoms with Gasteiger partial charge >= 0.3 is 6.01 Å². The Balaban J connectivity index is 1.14.